The van der Waals surface area contributed by atoms with Crippen LogP contribution in [0.4, 0.5) is 0 Å². The summed E-state index contributed by atoms with van der Waals surface area (Å²) in [7, 11) is 0. The molecule has 26 heavy (non-hydrogen) atoms. The quantitative estimate of drug-likeness (QED) is 0.308. The van der Waals surface area contributed by atoms with E-state index in [0.717, 1.165) is 4.57 Å². The average Bonchev–Trinajstić information content (AvgIpc) is 3.09. The number of aliphatic hydroxyl groups excluding tert-OH is 5. The molecule has 2 aliphatic rings. The largest absolute Gasteiger partial charge is 0.394 e. The smallest absolute Gasteiger partial charge is 0.330 e. The number of nitrogens with one attached hydrogen (secondary N) is 1. The van der Waals surface area contributed by atoms with Crippen LogP contribution in [0.25, 0.3) is 0 Å². The summed E-state index contributed by atoms with van der Waals surface area (Å²) in [5.41, 5.74) is -3.12. The summed E-state index contributed by atoms with van der Waals surface area (Å²) in [6.45, 7) is 0.305. The van der Waals surface area contributed by atoms with Crippen LogP contribution in [0.15, 0.2) is 15.8 Å². The van der Waals surface area contributed by atoms with Gasteiger partial charge in [0, 0.05) is 18.2 Å². The highest BCUT2D eigenvalue weighted by Gasteiger charge is 2.60. The van der Waals surface area contributed by atoms with Crippen molar-refractivity contribution in [2.75, 3.05) is 13.2 Å². The van der Waals surface area contributed by atoms with E-state index < -0.39 is 66.8 Å². The second kappa shape index (κ2) is 6.85. The van der Waals surface area contributed by atoms with Crippen LogP contribution in [-0.2, 0) is 15.2 Å². The van der Waals surface area contributed by atoms with Gasteiger partial charge in [-0.15, -0.1) is 0 Å². The van der Waals surface area contributed by atoms with Crippen molar-refractivity contribution in [1.82, 2.24) is 9.55 Å². The van der Waals surface area contributed by atoms with Crippen molar-refractivity contribution in [1.29, 1.82) is 0 Å². The topological polar surface area (TPSA) is 174 Å². The molecular weight excluding hydrogens is 352 g/mol. The maximum absolute atomic E-state index is 12.4. The molecule has 146 valence electrons. The molecular formula is C15H22N2O9. The standard InChI is InChI=1S/C15H22N2O9/c1-6-3-17(14(24)16-13(6)23)15(2-7(20)8(4-18)26-15)12-11(22)10(21)9(5-19)25-12/h3,7-12,18-22H,2,4-5H2,1H3,(H,16,23,24)/t7-,8+,9+,10+,11+,12?,15-/m0/s1. The molecule has 0 amide bonds. The first-order valence-electron chi connectivity index (χ1n) is 8.17. The molecule has 0 saturated carbocycles. The number of aromatic amines is 1. The van der Waals surface area contributed by atoms with Crippen LogP contribution in [0, 0.1) is 6.92 Å². The van der Waals surface area contributed by atoms with Gasteiger partial charge in [0.2, 0.25) is 0 Å². The molecule has 6 N–H and O–H groups in total. The van der Waals surface area contributed by atoms with Gasteiger partial charge in [-0.2, -0.15) is 0 Å². The molecule has 1 aromatic rings. The number of nitrogens with zero attached hydrogens (tertiary/aromatic N) is 1. The van der Waals surface area contributed by atoms with Crippen molar-refractivity contribution in [3.05, 3.63) is 32.6 Å². The molecule has 11 heteroatoms. The number of aryl methyl sites for hydroxylation is 1. The average molecular weight is 374 g/mol. The van der Waals surface area contributed by atoms with E-state index in [9.17, 15) is 35.1 Å². The van der Waals surface area contributed by atoms with Crippen LogP contribution in [0.2, 0.25) is 0 Å². The summed E-state index contributed by atoms with van der Waals surface area (Å²) in [6, 6.07) is 0. The number of aromatic nitrogens is 2. The van der Waals surface area contributed by atoms with Crippen molar-refractivity contribution in [3.63, 3.8) is 0 Å². The SMILES string of the molecule is Cc1cn([C@@]2(C3O[C@H](CO)[C@@H](O)[C@H]3O)C[C@H](O)[C@@H](CO)O2)c(=O)[nH]c1=O. The summed E-state index contributed by atoms with van der Waals surface area (Å²) < 4.78 is 12.2. The van der Waals surface area contributed by atoms with Gasteiger partial charge in [0.25, 0.3) is 5.56 Å². The summed E-state index contributed by atoms with van der Waals surface area (Å²) in [5.74, 6) is 0. The minimum Gasteiger partial charge on any atom is -0.394 e. The van der Waals surface area contributed by atoms with Gasteiger partial charge in [0.1, 0.15) is 30.5 Å². The molecule has 0 spiro atoms. The number of ether oxygens (including phenoxy) is 2. The number of rotatable bonds is 4. The monoisotopic (exact) mass is 374 g/mol. The lowest BCUT2D eigenvalue weighted by atomic mass is 9.94. The van der Waals surface area contributed by atoms with Crippen molar-refractivity contribution >= 4 is 0 Å². The highest BCUT2D eigenvalue weighted by Crippen LogP contribution is 2.43. The van der Waals surface area contributed by atoms with Crippen LogP contribution < -0.4 is 11.2 Å². The summed E-state index contributed by atoms with van der Waals surface area (Å²) in [5, 5.41) is 49.4. The molecule has 0 aromatic carbocycles. The van der Waals surface area contributed by atoms with E-state index in [0.29, 0.717) is 0 Å². The normalized spacial score (nSPS) is 40.2. The summed E-state index contributed by atoms with van der Waals surface area (Å²) in [4.78, 5) is 26.2. The predicted octanol–water partition coefficient (Wildman–Crippen LogP) is -3.88. The number of hydrogen-bond acceptors (Lipinski definition) is 9. The van der Waals surface area contributed by atoms with E-state index >= 15 is 0 Å². The molecule has 7 atom stereocenters. The van der Waals surface area contributed by atoms with E-state index in [-0.39, 0.29) is 12.0 Å². The minimum absolute atomic E-state index is 0.168. The third-order valence-electron chi connectivity index (χ3n) is 4.98. The molecule has 3 rings (SSSR count). The van der Waals surface area contributed by atoms with Gasteiger partial charge in [-0.3, -0.25) is 14.3 Å². The highest BCUT2D eigenvalue weighted by atomic mass is 16.6. The van der Waals surface area contributed by atoms with Crippen LogP contribution >= 0.6 is 0 Å². The zero-order chi connectivity index (χ0) is 19.2. The Bertz CT molecular complexity index is 777. The Morgan fingerprint density at radius 2 is 1.85 bits per heavy atom. The van der Waals surface area contributed by atoms with Crippen LogP contribution in [-0.4, -0.2) is 84.9 Å². The zero-order valence-corrected chi connectivity index (χ0v) is 14.0. The summed E-state index contributed by atoms with van der Waals surface area (Å²) >= 11 is 0. The molecule has 1 unspecified atom stereocenters. The molecule has 1 aromatic heterocycles. The van der Waals surface area contributed by atoms with E-state index in [4.69, 9.17) is 9.47 Å². The maximum Gasteiger partial charge on any atom is 0.330 e. The van der Waals surface area contributed by atoms with Gasteiger partial charge in [-0.05, 0) is 6.92 Å². The molecule has 0 aliphatic carbocycles. The first kappa shape index (κ1) is 19.2. The summed E-state index contributed by atoms with van der Waals surface area (Å²) in [6.07, 6.45) is -6.79. The van der Waals surface area contributed by atoms with E-state index in [2.05, 4.69) is 4.98 Å². The number of H-pyrrole nitrogens is 1. The Morgan fingerprint density at radius 3 is 2.38 bits per heavy atom. The first-order valence-corrected chi connectivity index (χ1v) is 8.17. The van der Waals surface area contributed by atoms with Crippen LogP contribution in [0.1, 0.15) is 12.0 Å². The van der Waals surface area contributed by atoms with Crippen LogP contribution in [0.5, 0.6) is 0 Å². The van der Waals surface area contributed by atoms with E-state index in [1.807, 2.05) is 0 Å². The molecule has 2 aliphatic heterocycles. The Kier molecular flexibility index (Phi) is 5.05. The van der Waals surface area contributed by atoms with E-state index in [1.165, 1.54) is 13.1 Å². The molecule has 11 nitrogen and oxygen atoms in total. The number of aliphatic hydroxyl groups is 5. The second-order valence-corrected chi connectivity index (χ2v) is 6.66. The lowest BCUT2D eigenvalue weighted by molar-refractivity contribution is -0.208. The Balaban J connectivity index is 2.15. The fourth-order valence-corrected chi connectivity index (χ4v) is 3.57. The third-order valence-corrected chi connectivity index (χ3v) is 4.98. The van der Waals surface area contributed by atoms with E-state index in [1.54, 1.807) is 0 Å². The lowest BCUT2D eigenvalue weighted by Gasteiger charge is -2.37. The third kappa shape index (κ3) is 2.81. The Morgan fingerprint density at radius 1 is 1.19 bits per heavy atom. The fraction of sp³-hybridized carbons (Fsp3) is 0.733. The van der Waals surface area contributed by atoms with Gasteiger partial charge in [0.05, 0.1) is 19.3 Å². The van der Waals surface area contributed by atoms with Gasteiger partial charge in [-0.1, -0.05) is 0 Å². The molecule has 2 fully saturated rings. The van der Waals surface area contributed by atoms with Crippen molar-refractivity contribution in [3.8, 4) is 0 Å². The lowest BCUT2D eigenvalue weighted by Crippen LogP contribution is -2.56. The molecule has 3 heterocycles. The second-order valence-electron chi connectivity index (χ2n) is 6.66. The van der Waals surface area contributed by atoms with Crippen molar-refractivity contribution in [2.24, 2.45) is 0 Å². The molecule has 0 radical (unpaired) electrons. The molecule has 2 saturated heterocycles. The van der Waals surface area contributed by atoms with Gasteiger partial charge in [0.15, 0.2) is 5.72 Å². The van der Waals surface area contributed by atoms with Crippen LogP contribution in [0.3, 0.4) is 0 Å². The maximum atomic E-state index is 12.4. The fourth-order valence-electron chi connectivity index (χ4n) is 3.57. The van der Waals surface area contributed by atoms with Crippen molar-refractivity contribution in [2.45, 2.75) is 55.7 Å². The first-order chi connectivity index (χ1) is 12.2. The Labute approximate surface area is 147 Å². The van der Waals surface area contributed by atoms with Crippen molar-refractivity contribution < 1.29 is 35.0 Å². The van der Waals surface area contributed by atoms with Gasteiger partial charge in [-0.25, -0.2) is 4.79 Å². The highest BCUT2D eigenvalue weighted by molar-refractivity contribution is 5.09. The predicted molar refractivity (Wildman–Crippen MR) is 84.4 cm³/mol. The minimum atomic E-state index is -1.80. The van der Waals surface area contributed by atoms with Gasteiger partial charge >= 0.3 is 5.69 Å². The zero-order valence-electron chi connectivity index (χ0n) is 14.0. The molecule has 0 bridgehead atoms. The number of hydrogen-bond donors (Lipinski definition) is 6. The van der Waals surface area contributed by atoms with Gasteiger partial charge < -0.3 is 35.0 Å². The Hall–Kier alpha value is -1.60.